The number of carbonyl (C=O) groups excluding carboxylic acids is 1. The molecule has 0 aliphatic heterocycles. The molecule has 0 aromatic rings. The van der Waals surface area contributed by atoms with Gasteiger partial charge < -0.3 is 0 Å². The Morgan fingerprint density at radius 1 is 1.70 bits per heavy atom. The van der Waals surface area contributed by atoms with Gasteiger partial charge in [0.1, 0.15) is 0 Å². The zero-order valence-corrected chi connectivity index (χ0v) is 6.05. The van der Waals surface area contributed by atoms with Crippen molar-refractivity contribution in [3.8, 4) is 0 Å². The van der Waals surface area contributed by atoms with Gasteiger partial charge in [0.05, 0.1) is 6.54 Å². The van der Waals surface area contributed by atoms with Crippen LogP contribution in [-0.4, -0.2) is 12.3 Å². The van der Waals surface area contributed by atoms with Crippen molar-refractivity contribution in [3.05, 3.63) is 12.2 Å². The molecule has 0 saturated heterocycles. The quantitative estimate of drug-likeness (QED) is 0.275. The van der Waals surface area contributed by atoms with Crippen LogP contribution in [-0.2, 0) is 4.79 Å². The summed E-state index contributed by atoms with van der Waals surface area (Å²) in [7, 11) is 0. The van der Waals surface area contributed by atoms with Gasteiger partial charge in [-0.1, -0.05) is 13.0 Å². The molecule has 0 aliphatic carbocycles. The lowest BCUT2D eigenvalue weighted by atomic mass is 10.3. The first kappa shape index (κ1) is 9.29. The van der Waals surface area contributed by atoms with Crippen molar-refractivity contribution >= 4 is 5.78 Å². The minimum Gasteiger partial charge on any atom is -0.293 e. The van der Waals surface area contributed by atoms with E-state index in [1.165, 1.54) is 6.08 Å². The molecule has 4 heteroatoms. The second-order valence-electron chi connectivity index (χ2n) is 1.77. The summed E-state index contributed by atoms with van der Waals surface area (Å²) in [5, 5.41) is 0. The molecule has 4 N–H and O–H groups in total. The van der Waals surface area contributed by atoms with Gasteiger partial charge in [-0.15, -0.1) is 0 Å². The first-order chi connectivity index (χ1) is 4.81. The number of nitrogens with two attached hydrogens (primary N) is 1. The van der Waals surface area contributed by atoms with E-state index in [0.717, 1.165) is 6.42 Å². The zero-order chi connectivity index (χ0) is 7.82. The van der Waals surface area contributed by atoms with Gasteiger partial charge in [-0.25, -0.2) is 5.43 Å². The van der Waals surface area contributed by atoms with Gasteiger partial charge >= 0.3 is 0 Å². The largest absolute Gasteiger partial charge is 0.293 e. The smallest absolute Gasteiger partial charge is 0.170 e. The highest BCUT2D eigenvalue weighted by molar-refractivity contribution is 5.91. The van der Waals surface area contributed by atoms with Crippen molar-refractivity contribution in [3.63, 3.8) is 0 Å². The molecule has 0 aliphatic rings. The summed E-state index contributed by atoms with van der Waals surface area (Å²) in [6.07, 6.45) is 4.21. The fraction of sp³-hybridized carbons (Fsp3) is 0.500. The molecule has 0 spiro atoms. The van der Waals surface area contributed by atoms with Crippen molar-refractivity contribution in [1.29, 1.82) is 0 Å². The van der Waals surface area contributed by atoms with Crippen LogP contribution in [0.4, 0.5) is 0 Å². The summed E-state index contributed by atoms with van der Waals surface area (Å²) in [6.45, 7) is 2.20. The Bertz CT molecular complexity index is 122. The average Bonchev–Trinajstić information content (AvgIpc) is 1.97. The van der Waals surface area contributed by atoms with Gasteiger partial charge in [-0.2, -0.15) is 5.53 Å². The summed E-state index contributed by atoms with van der Waals surface area (Å²) in [4.78, 5) is 10.7. The summed E-state index contributed by atoms with van der Waals surface area (Å²) in [5.74, 6) is 4.88. The first-order valence-electron chi connectivity index (χ1n) is 3.19. The predicted octanol–water partition coefficient (Wildman–Crippen LogP) is -0.510. The second-order valence-corrected chi connectivity index (χ2v) is 1.77. The highest BCUT2D eigenvalue weighted by Gasteiger charge is 1.91. The maximum atomic E-state index is 10.7. The summed E-state index contributed by atoms with van der Waals surface area (Å²) in [6, 6.07) is 0. The van der Waals surface area contributed by atoms with Gasteiger partial charge in [0.25, 0.3) is 0 Å². The van der Waals surface area contributed by atoms with Crippen LogP contribution in [0.15, 0.2) is 12.2 Å². The van der Waals surface area contributed by atoms with E-state index in [1.54, 1.807) is 6.08 Å². The predicted molar refractivity (Wildman–Crippen MR) is 39.8 cm³/mol. The topological polar surface area (TPSA) is 67.2 Å². The van der Waals surface area contributed by atoms with Crippen LogP contribution in [0.3, 0.4) is 0 Å². The maximum Gasteiger partial charge on any atom is 0.170 e. The molecule has 0 heterocycles. The molecule has 0 bridgehead atoms. The molecule has 10 heavy (non-hydrogen) atoms. The highest BCUT2D eigenvalue weighted by Crippen LogP contribution is 1.79. The number of rotatable bonds is 5. The normalized spacial score (nSPS) is 10.6. The van der Waals surface area contributed by atoms with Crippen molar-refractivity contribution in [2.75, 3.05) is 6.54 Å². The maximum absolute atomic E-state index is 10.7. The molecule has 58 valence electrons. The van der Waals surface area contributed by atoms with Crippen LogP contribution in [0.1, 0.15) is 13.3 Å². The Balaban J connectivity index is 3.34. The van der Waals surface area contributed by atoms with Crippen LogP contribution < -0.4 is 16.8 Å². The summed E-state index contributed by atoms with van der Waals surface area (Å²) >= 11 is 0. The number of carbonyl (C=O) groups is 1. The third-order valence-corrected chi connectivity index (χ3v) is 0.904. The van der Waals surface area contributed by atoms with Gasteiger partial charge in [0, 0.05) is 0 Å². The minimum absolute atomic E-state index is 0.0137. The molecule has 0 saturated carbocycles. The van der Waals surface area contributed by atoms with Crippen LogP contribution >= 0.6 is 0 Å². The molecule has 0 rings (SSSR count). The Labute approximate surface area is 60.4 Å². The molecule has 0 aromatic heterocycles. The lowest BCUT2D eigenvalue weighted by molar-refractivity contribution is -0.114. The molecule has 0 atom stereocenters. The minimum atomic E-state index is 0.0137. The fourth-order valence-electron chi connectivity index (χ4n) is 0.446. The lowest BCUT2D eigenvalue weighted by Crippen LogP contribution is -2.40. The van der Waals surface area contributed by atoms with Gasteiger partial charge in [-0.3, -0.25) is 10.6 Å². The van der Waals surface area contributed by atoms with Gasteiger partial charge in [-0.05, 0) is 12.5 Å². The van der Waals surface area contributed by atoms with Crippen molar-refractivity contribution < 1.29 is 4.79 Å². The molecule has 0 fully saturated rings. The Morgan fingerprint density at radius 2 is 2.40 bits per heavy atom. The Kier molecular flexibility index (Phi) is 5.96. The van der Waals surface area contributed by atoms with E-state index in [-0.39, 0.29) is 12.3 Å². The lowest BCUT2D eigenvalue weighted by Gasteiger charge is -1.95. The van der Waals surface area contributed by atoms with E-state index in [1.807, 2.05) is 6.92 Å². The second kappa shape index (κ2) is 6.41. The van der Waals surface area contributed by atoms with Crippen molar-refractivity contribution in [2.24, 2.45) is 5.84 Å². The number of hydrogen-bond acceptors (Lipinski definition) is 4. The van der Waals surface area contributed by atoms with E-state index in [4.69, 9.17) is 5.84 Å². The number of ketones is 1. The SMILES string of the molecule is CCC=CC(=O)CNNN. The highest BCUT2D eigenvalue weighted by atomic mass is 16.1. The van der Waals surface area contributed by atoms with E-state index in [9.17, 15) is 4.79 Å². The molecule has 0 radical (unpaired) electrons. The molecule has 4 nitrogen and oxygen atoms in total. The molecule has 0 amide bonds. The fourth-order valence-corrected chi connectivity index (χ4v) is 0.446. The van der Waals surface area contributed by atoms with E-state index in [0.29, 0.717) is 0 Å². The van der Waals surface area contributed by atoms with Crippen molar-refractivity contribution in [2.45, 2.75) is 13.3 Å². The summed E-state index contributed by atoms with van der Waals surface area (Å²) < 4.78 is 0. The number of allylic oxidation sites excluding steroid dienone is 1. The van der Waals surface area contributed by atoms with Crippen LogP contribution in [0.2, 0.25) is 0 Å². The van der Waals surface area contributed by atoms with Gasteiger partial charge in [0.2, 0.25) is 0 Å². The molecule has 0 aromatic carbocycles. The van der Waals surface area contributed by atoms with Gasteiger partial charge in [0.15, 0.2) is 5.78 Å². The summed E-state index contributed by atoms with van der Waals surface area (Å²) in [5.41, 5.74) is 4.65. The zero-order valence-electron chi connectivity index (χ0n) is 6.05. The van der Waals surface area contributed by atoms with E-state index in [2.05, 4.69) is 11.0 Å². The molecular formula is C6H13N3O. The number of hydrazine groups is 2. The standard InChI is InChI=1S/C6H13N3O/c1-2-3-4-6(10)5-8-9-7/h3-4,8-9H,2,5,7H2,1H3. The average molecular weight is 143 g/mol. The van der Waals surface area contributed by atoms with Crippen LogP contribution in [0.25, 0.3) is 0 Å². The van der Waals surface area contributed by atoms with E-state index < -0.39 is 0 Å². The third-order valence-electron chi connectivity index (χ3n) is 0.904. The first-order valence-corrected chi connectivity index (χ1v) is 3.19. The van der Waals surface area contributed by atoms with Crippen molar-refractivity contribution in [1.82, 2.24) is 11.0 Å². The third kappa shape index (κ3) is 5.43. The Hall–Kier alpha value is -0.710. The molecule has 0 unspecified atom stereocenters. The number of hydrogen-bond donors (Lipinski definition) is 3. The molecular weight excluding hydrogens is 130 g/mol. The van der Waals surface area contributed by atoms with Crippen LogP contribution in [0.5, 0.6) is 0 Å². The van der Waals surface area contributed by atoms with E-state index >= 15 is 0 Å². The van der Waals surface area contributed by atoms with Crippen LogP contribution in [0, 0.1) is 0 Å². The Morgan fingerprint density at radius 3 is 2.90 bits per heavy atom. The monoisotopic (exact) mass is 143 g/mol. The number of nitrogens with one attached hydrogen (secondary N) is 2.